The van der Waals surface area contributed by atoms with Gasteiger partial charge >= 0.3 is 0 Å². The summed E-state index contributed by atoms with van der Waals surface area (Å²) in [7, 11) is 3.16. The zero-order valence-corrected chi connectivity index (χ0v) is 14.0. The van der Waals surface area contributed by atoms with Crippen molar-refractivity contribution < 1.29 is 14.3 Å². The van der Waals surface area contributed by atoms with Gasteiger partial charge in [0.2, 0.25) is 5.91 Å². The summed E-state index contributed by atoms with van der Waals surface area (Å²) in [6.45, 7) is 5.26. The summed E-state index contributed by atoms with van der Waals surface area (Å²) >= 11 is 0. The van der Waals surface area contributed by atoms with E-state index in [4.69, 9.17) is 9.47 Å². The predicted molar refractivity (Wildman–Crippen MR) is 89.3 cm³/mol. The van der Waals surface area contributed by atoms with Gasteiger partial charge < -0.3 is 20.1 Å². The van der Waals surface area contributed by atoms with Crippen molar-refractivity contribution in [3.63, 3.8) is 0 Å². The summed E-state index contributed by atoms with van der Waals surface area (Å²) in [6.07, 6.45) is 0. The van der Waals surface area contributed by atoms with E-state index in [0.717, 1.165) is 19.6 Å². The lowest BCUT2D eigenvalue weighted by molar-refractivity contribution is -0.118. The van der Waals surface area contributed by atoms with E-state index in [-0.39, 0.29) is 18.3 Å². The average molecular weight is 330 g/mol. The number of anilines is 1. The van der Waals surface area contributed by atoms with Gasteiger partial charge in [-0.15, -0.1) is 12.4 Å². The van der Waals surface area contributed by atoms with Crippen molar-refractivity contribution in [2.45, 2.75) is 13.0 Å². The van der Waals surface area contributed by atoms with Crippen molar-refractivity contribution in [1.82, 2.24) is 10.2 Å². The highest BCUT2D eigenvalue weighted by molar-refractivity contribution is 5.92. The molecule has 1 fully saturated rings. The molecule has 1 aromatic carbocycles. The van der Waals surface area contributed by atoms with E-state index in [9.17, 15) is 4.79 Å². The summed E-state index contributed by atoms with van der Waals surface area (Å²) in [6, 6.07) is 5.72. The van der Waals surface area contributed by atoms with Gasteiger partial charge in [-0.25, -0.2) is 0 Å². The molecule has 7 heteroatoms. The smallest absolute Gasteiger partial charge is 0.238 e. The molecule has 0 saturated carbocycles. The quantitative estimate of drug-likeness (QED) is 0.854. The van der Waals surface area contributed by atoms with Crippen LogP contribution >= 0.6 is 12.4 Å². The standard InChI is InChI=1S/C15H23N3O3.ClH/c1-11-9-16-6-7-18(11)10-15(19)17-12-4-5-13(20-2)14(8-12)21-3;/h4-5,8,11,16H,6-7,9-10H2,1-3H3,(H,17,19);1H/t11-;/m0./s1. The molecule has 1 heterocycles. The van der Waals surface area contributed by atoms with Crippen LogP contribution in [0.4, 0.5) is 5.69 Å². The van der Waals surface area contributed by atoms with Crippen LogP contribution in [-0.2, 0) is 4.79 Å². The zero-order valence-electron chi connectivity index (χ0n) is 13.2. The molecule has 2 N–H and O–H groups in total. The van der Waals surface area contributed by atoms with E-state index in [1.165, 1.54) is 0 Å². The number of rotatable bonds is 5. The number of nitrogens with one attached hydrogen (secondary N) is 2. The zero-order chi connectivity index (χ0) is 15.2. The van der Waals surface area contributed by atoms with Crippen LogP contribution in [-0.4, -0.2) is 57.2 Å². The molecule has 1 aliphatic rings. The maximum absolute atomic E-state index is 12.1. The van der Waals surface area contributed by atoms with Crippen LogP contribution in [0.2, 0.25) is 0 Å². The molecular weight excluding hydrogens is 306 g/mol. The van der Waals surface area contributed by atoms with Gasteiger partial charge in [0.25, 0.3) is 0 Å². The second-order valence-corrected chi connectivity index (χ2v) is 5.14. The van der Waals surface area contributed by atoms with E-state index >= 15 is 0 Å². The van der Waals surface area contributed by atoms with Crippen LogP contribution < -0.4 is 20.1 Å². The van der Waals surface area contributed by atoms with Gasteiger partial charge in [0.05, 0.1) is 20.8 Å². The highest BCUT2D eigenvalue weighted by Gasteiger charge is 2.20. The molecule has 2 rings (SSSR count). The Labute approximate surface area is 137 Å². The number of hydrogen-bond donors (Lipinski definition) is 2. The lowest BCUT2D eigenvalue weighted by Gasteiger charge is -2.33. The molecule has 0 aromatic heterocycles. The lowest BCUT2D eigenvalue weighted by atomic mass is 10.2. The van der Waals surface area contributed by atoms with Crippen LogP contribution in [0.25, 0.3) is 0 Å². The van der Waals surface area contributed by atoms with Gasteiger partial charge in [-0.05, 0) is 19.1 Å². The Hall–Kier alpha value is -1.50. The SMILES string of the molecule is COc1ccc(NC(=O)CN2CCNC[C@@H]2C)cc1OC.Cl. The number of carbonyl (C=O) groups excluding carboxylic acids is 1. The third-order valence-corrected chi connectivity index (χ3v) is 3.65. The van der Waals surface area contributed by atoms with Gasteiger partial charge in [0.1, 0.15) is 0 Å². The molecule has 22 heavy (non-hydrogen) atoms. The third kappa shape index (κ3) is 4.76. The number of methoxy groups -OCH3 is 2. The Kier molecular flexibility index (Phi) is 7.44. The highest BCUT2D eigenvalue weighted by atomic mass is 35.5. The third-order valence-electron chi connectivity index (χ3n) is 3.65. The van der Waals surface area contributed by atoms with Crippen LogP contribution in [0.3, 0.4) is 0 Å². The molecule has 1 aliphatic heterocycles. The first kappa shape index (κ1) is 18.5. The highest BCUT2D eigenvalue weighted by Crippen LogP contribution is 2.29. The fourth-order valence-corrected chi connectivity index (χ4v) is 2.42. The van der Waals surface area contributed by atoms with Crippen molar-refractivity contribution in [2.75, 3.05) is 45.7 Å². The van der Waals surface area contributed by atoms with Gasteiger partial charge in [0.15, 0.2) is 11.5 Å². The fraction of sp³-hybridized carbons (Fsp3) is 0.533. The van der Waals surface area contributed by atoms with Crippen molar-refractivity contribution in [3.8, 4) is 11.5 Å². The Bertz CT molecular complexity index is 499. The van der Waals surface area contributed by atoms with E-state index < -0.39 is 0 Å². The van der Waals surface area contributed by atoms with Crippen molar-refractivity contribution in [3.05, 3.63) is 18.2 Å². The van der Waals surface area contributed by atoms with Gasteiger partial charge in [-0.3, -0.25) is 9.69 Å². The number of piperazine rings is 1. The van der Waals surface area contributed by atoms with E-state index in [0.29, 0.717) is 29.8 Å². The lowest BCUT2D eigenvalue weighted by Crippen LogP contribution is -2.51. The summed E-state index contributed by atoms with van der Waals surface area (Å²) in [4.78, 5) is 14.3. The monoisotopic (exact) mass is 329 g/mol. The number of nitrogens with zero attached hydrogens (tertiary/aromatic N) is 1. The minimum Gasteiger partial charge on any atom is -0.493 e. The van der Waals surface area contributed by atoms with Crippen LogP contribution in [0.5, 0.6) is 11.5 Å². The summed E-state index contributed by atoms with van der Waals surface area (Å²) in [5.74, 6) is 1.23. The number of benzene rings is 1. The number of ether oxygens (including phenoxy) is 2. The molecule has 1 amide bonds. The van der Waals surface area contributed by atoms with Gasteiger partial charge in [0, 0.05) is 37.4 Å². The first-order chi connectivity index (χ1) is 10.1. The largest absolute Gasteiger partial charge is 0.493 e. The Balaban J connectivity index is 0.00000242. The van der Waals surface area contributed by atoms with Crippen LogP contribution in [0, 0.1) is 0 Å². The molecule has 6 nitrogen and oxygen atoms in total. The molecule has 124 valence electrons. The summed E-state index contributed by atoms with van der Waals surface area (Å²) in [5, 5.41) is 6.21. The molecule has 0 aliphatic carbocycles. The van der Waals surface area contributed by atoms with Gasteiger partial charge in [-0.1, -0.05) is 0 Å². The predicted octanol–water partition coefficient (Wildman–Crippen LogP) is 1.36. The second-order valence-electron chi connectivity index (χ2n) is 5.14. The minimum atomic E-state index is -0.0176. The second kappa shape index (κ2) is 8.82. The summed E-state index contributed by atoms with van der Waals surface area (Å²) in [5.41, 5.74) is 0.709. The molecule has 0 radical (unpaired) electrons. The number of hydrogen-bond acceptors (Lipinski definition) is 5. The first-order valence-electron chi connectivity index (χ1n) is 7.10. The maximum Gasteiger partial charge on any atom is 0.238 e. The molecule has 1 aromatic rings. The molecule has 1 atom stereocenters. The van der Waals surface area contributed by atoms with Crippen molar-refractivity contribution in [1.29, 1.82) is 0 Å². The molecule has 0 bridgehead atoms. The van der Waals surface area contributed by atoms with E-state index in [1.807, 2.05) is 0 Å². The average Bonchev–Trinajstić information content (AvgIpc) is 2.49. The molecule has 0 unspecified atom stereocenters. The number of amides is 1. The van der Waals surface area contributed by atoms with Crippen LogP contribution in [0.15, 0.2) is 18.2 Å². The Morgan fingerprint density at radius 2 is 2.09 bits per heavy atom. The molecule has 1 saturated heterocycles. The van der Waals surface area contributed by atoms with Crippen molar-refractivity contribution in [2.24, 2.45) is 0 Å². The minimum absolute atomic E-state index is 0. The van der Waals surface area contributed by atoms with Crippen LogP contribution in [0.1, 0.15) is 6.92 Å². The summed E-state index contributed by atoms with van der Waals surface area (Å²) < 4.78 is 10.4. The normalized spacial score (nSPS) is 18.2. The van der Waals surface area contributed by atoms with E-state index in [1.54, 1.807) is 32.4 Å². The van der Waals surface area contributed by atoms with Gasteiger partial charge in [-0.2, -0.15) is 0 Å². The number of carbonyl (C=O) groups is 1. The Morgan fingerprint density at radius 3 is 2.73 bits per heavy atom. The molecular formula is C15H24ClN3O3. The fourth-order valence-electron chi connectivity index (χ4n) is 2.42. The van der Waals surface area contributed by atoms with Crippen molar-refractivity contribution >= 4 is 24.0 Å². The topological polar surface area (TPSA) is 62.8 Å². The van der Waals surface area contributed by atoms with E-state index in [2.05, 4.69) is 22.5 Å². The Morgan fingerprint density at radius 1 is 1.36 bits per heavy atom. The first-order valence-corrected chi connectivity index (χ1v) is 7.10. The number of halogens is 1. The maximum atomic E-state index is 12.1. The molecule has 0 spiro atoms.